The van der Waals surface area contributed by atoms with Gasteiger partial charge in [-0.15, -0.1) is 0 Å². The summed E-state index contributed by atoms with van der Waals surface area (Å²) in [7, 11) is 0. The van der Waals surface area contributed by atoms with E-state index in [0.29, 0.717) is 5.56 Å². The van der Waals surface area contributed by atoms with Gasteiger partial charge in [0.15, 0.2) is 11.6 Å². The Bertz CT molecular complexity index is 381. The fourth-order valence-electron chi connectivity index (χ4n) is 1.80. The molecule has 102 valence electrons. The van der Waals surface area contributed by atoms with Crippen LogP contribution in [-0.4, -0.2) is 29.5 Å². The van der Waals surface area contributed by atoms with Gasteiger partial charge in [0.05, 0.1) is 19.3 Å². The Balaban J connectivity index is 2.93. The zero-order valence-electron chi connectivity index (χ0n) is 10.5. The van der Waals surface area contributed by atoms with Crippen molar-refractivity contribution in [1.82, 2.24) is 5.32 Å². The van der Waals surface area contributed by atoms with Gasteiger partial charge in [-0.1, -0.05) is 19.9 Å². The molecule has 0 aliphatic heterocycles. The summed E-state index contributed by atoms with van der Waals surface area (Å²) < 4.78 is 26.1. The van der Waals surface area contributed by atoms with Crippen molar-refractivity contribution in [3.8, 4) is 0 Å². The van der Waals surface area contributed by atoms with Crippen LogP contribution in [0.5, 0.6) is 0 Å². The molecule has 1 unspecified atom stereocenters. The van der Waals surface area contributed by atoms with E-state index in [-0.39, 0.29) is 25.2 Å². The van der Waals surface area contributed by atoms with E-state index in [4.69, 9.17) is 10.2 Å². The molecule has 0 saturated heterocycles. The SMILES string of the molecule is CC(C)C(NC(CO)CO)c1ccc(F)c(F)c1. The molecular weight excluding hydrogens is 240 g/mol. The summed E-state index contributed by atoms with van der Waals surface area (Å²) in [5.74, 6) is -1.68. The van der Waals surface area contributed by atoms with Crippen molar-refractivity contribution in [1.29, 1.82) is 0 Å². The molecule has 0 amide bonds. The summed E-state index contributed by atoms with van der Waals surface area (Å²) >= 11 is 0. The third-order valence-electron chi connectivity index (χ3n) is 2.83. The van der Waals surface area contributed by atoms with E-state index in [9.17, 15) is 8.78 Å². The van der Waals surface area contributed by atoms with Gasteiger partial charge in [-0.05, 0) is 23.6 Å². The fourth-order valence-corrected chi connectivity index (χ4v) is 1.80. The van der Waals surface area contributed by atoms with Crippen molar-refractivity contribution in [3.63, 3.8) is 0 Å². The number of nitrogens with one attached hydrogen (secondary N) is 1. The zero-order chi connectivity index (χ0) is 13.7. The average Bonchev–Trinajstić information content (AvgIpc) is 2.34. The number of aliphatic hydroxyl groups excluding tert-OH is 2. The average molecular weight is 259 g/mol. The predicted molar refractivity (Wildman–Crippen MR) is 65.0 cm³/mol. The van der Waals surface area contributed by atoms with Gasteiger partial charge in [-0.25, -0.2) is 8.78 Å². The van der Waals surface area contributed by atoms with Crippen LogP contribution in [0.4, 0.5) is 8.78 Å². The molecule has 0 radical (unpaired) electrons. The van der Waals surface area contributed by atoms with Crippen molar-refractivity contribution in [2.24, 2.45) is 5.92 Å². The van der Waals surface area contributed by atoms with Crippen LogP contribution < -0.4 is 5.32 Å². The lowest BCUT2D eigenvalue weighted by molar-refractivity contribution is 0.154. The molecular formula is C13H19F2NO2. The Morgan fingerprint density at radius 3 is 2.17 bits per heavy atom. The van der Waals surface area contributed by atoms with Crippen LogP contribution >= 0.6 is 0 Å². The predicted octanol–water partition coefficient (Wildman–Crippen LogP) is 1.60. The quantitative estimate of drug-likeness (QED) is 0.727. The highest BCUT2D eigenvalue weighted by Crippen LogP contribution is 2.23. The van der Waals surface area contributed by atoms with Gasteiger partial charge in [0.2, 0.25) is 0 Å². The molecule has 18 heavy (non-hydrogen) atoms. The third-order valence-corrected chi connectivity index (χ3v) is 2.83. The lowest BCUT2D eigenvalue weighted by Crippen LogP contribution is -2.40. The van der Waals surface area contributed by atoms with Gasteiger partial charge in [-0.2, -0.15) is 0 Å². The largest absolute Gasteiger partial charge is 0.395 e. The molecule has 0 saturated carbocycles. The second-order valence-corrected chi connectivity index (χ2v) is 4.62. The first-order valence-corrected chi connectivity index (χ1v) is 5.92. The third kappa shape index (κ3) is 3.73. The highest BCUT2D eigenvalue weighted by atomic mass is 19.2. The van der Waals surface area contributed by atoms with Crippen LogP contribution in [0.15, 0.2) is 18.2 Å². The molecule has 0 spiro atoms. The number of benzene rings is 1. The molecule has 1 rings (SSSR count). The van der Waals surface area contributed by atoms with E-state index in [1.807, 2.05) is 13.8 Å². The fraction of sp³-hybridized carbons (Fsp3) is 0.538. The molecule has 0 aliphatic rings. The molecule has 5 heteroatoms. The number of halogens is 2. The van der Waals surface area contributed by atoms with Crippen molar-refractivity contribution in [2.75, 3.05) is 13.2 Å². The van der Waals surface area contributed by atoms with Gasteiger partial charge in [0.25, 0.3) is 0 Å². The first kappa shape index (κ1) is 15.0. The maximum Gasteiger partial charge on any atom is 0.159 e. The second-order valence-electron chi connectivity index (χ2n) is 4.62. The Morgan fingerprint density at radius 2 is 1.72 bits per heavy atom. The maximum absolute atomic E-state index is 13.2. The van der Waals surface area contributed by atoms with Gasteiger partial charge in [-0.3, -0.25) is 0 Å². The van der Waals surface area contributed by atoms with Crippen LogP contribution in [0.25, 0.3) is 0 Å². The number of hydrogen-bond donors (Lipinski definition) is 3. The topological polar surface area (TPSA) is 52.5 Å². The normalized spacial score (nSPS) is 13.3. The maximum atomic E-state index is 13.2. The first-order valence-electron chi connectivity index (χ1n) is 5.92. The lowest BCUT2D eigenvalue weighted by atomic mass is 9.95. The van der Waals surface area contributed by atoms with Gasteiger partial charge < -0.3 is 15.5 Å². The number of hydrogen-bond acceptors (Lipinski definition) is 3. The van der Waals surface area contributed by atoms with Crippen LogP contribution in [0.2, 0.25) is 0 Å². The molecule has 3 N–H and O–H groups in total. The summed E-state index contributed by atoms with van der Waals surface area (Å²) in [6, 6.07) is 2.98. The minimum atomic E-state index is -0.899. The standard InChI is InChI=1S/C13H19F2NO2/c1-8(2)13(16-10(6-17)7-18)9-3-4-11(14)12(15)5-9/h3-5,8,10,13,16-18H,6-7H2,1-2H3. The van der Waals surface area contributed by atoms with Crippen LogP contribution in [0.3, 0.4) is 0 Å². The van der Waals surface area contributed by atoms with Gasteiger partial charge >= 0.3 is 0 Å². The molecule has 3 nitrogen and oxygen atoms in total. The summed E-state index contributed by atoms with van der Waals surface area (Å²) in [5.41, 5.74) is 0.593. The smallest absolute Gasteiger partial charge is 0.159 e. The van der Waals surface area contributed by atoms with Crippen molar-refractivity contribution in [2.45, 2.75) is 25.9 Å². The second kappa shape index (κ2) is 6.78. The Hall–Kier alpha value is -1.04. The van der Waals surface area contributed by atoms with Gasteiger partial charge in [0.1, 0.15) is 0 Å². The first-order chi connectivity index (χ1) is 8.49. The summed E-state index contributed by atoms with van der Waals surface area (Å²) in [4.78, 5) is 0. The molecule has 1 atom stereocenters. The number of rotatable bonds is 6. The monoisotopic (exact) mass is 259 g/mol. The minimum Gasteiger partial charge on any atom is -0.395 e. The van der Waals surface area contributed by atoms with Crippen molar-refractivity contribution < 1.29 is 19.0 Å². The summed E-state index contributed by atoms with van der Waals surface area (Å²) in [5, 5.41) is 21.1. The van der Waals surface area contributed by atoms with E-state index in [0.717, 1.165) is 12.1 Å². The minimum absolute atomic E-state index is 0.107. The Kier molecular flexibility index (Phi) is 5.65. The molecule has 0 heterocycles. The molecule has 0 aromatic heterocycles. The lowest BCUT2D eigenvalue weighted by Gasteiger charge is -2.27. The van der Waals surface area contributed by atoms with Crippen molar-refractivity contribution in [3.05, 3.63) is 35.4 Å². The highest BCUT2D eigenvalue weighted by molar-refractivity contribution is 5.22. The zero-order valence-corrected chi connectivity index (χ0v) is 10.5. The molecule has 1 aromatic rings. The van der Waals surface area contributed by atoms with E-state index in [2.05, 4.69) is 5.32 Å². The molecule has 0 fully saturated rings. The molecule has 0 bridgehead atoms. The van der Waals surface area contributed by atoms with Crippen LogP contribution in [-0.2, 0) is 0 Å². The molecule has 0 aliphatic carbocycles. The van der Waals surface area contributed by atoms with Crippen molar-refractivity contribution >= 4 is 0 Å². The molecule has 1 aromatic carbocycles. The van der Waals surface area contributed by atoms with Gasteiger partial charge in [0, 0.05) is 6.04 Å². The van der Waals surface area contributed by atoms with Crippen LogP contribution in [0, 0.1) is 17.6 Å². The Morgan fingerprint density at radius 1 is 1.11 bits per heavy atom. The van der Waals surface area contributed by atoms with E-state index < -0.39 is 17.7 Å². The van der Waals surface area contributed by atoms with E-state index in [1.54, 1.807) is 0 Å². The highest BCUT2D eigenvalue weighted by Gasteiger charge is 2.20. The van der Waals surface area contributed by atoms with Crippen LogP contribution in [0.1, 0.15) is 25.5 Å². The van der Waals surface area contributed by atoms with E-state index >= 15 is 0 Å². The summed E-state index contributed by atoms with van der Waals surface area (Å²) in [6.45, 7) is 3.41. The Labute approximate surface area is 105 Å². The van der Waals surface area contributed by atoms with E-state index in [1.165, 1.54) is 6.07 Å². The summed E-state index contributed by atoms with van der Waals surface area (Å²) in [6.07, 6.45) is 0. The number of aliphatic hydroxyl groups is 2.